The van der Waals surface area contributed by atoms with Gasteiger partial charge in [-0.2, -0.15) is 0 Å². The Hall–Kier alpha value is -1.66. The lowest BCUT2D eigenvalue weighted by atomic mass is 10.0. The molecule has 2 aromatic heterocycles. The molecule has 0 spiro atoms. The fourth-order valence-electron chi connectivity index (χ4n) is 1.87. The maximum atomic E-state index is 12.2. The molecule has 0 N–H and O–H groups in total. The summed E-state index contributed by atoms with van der Waals surface area (Å²) in [5.41, 5.74) is 0.639. The molecule has 2 rings (SSSR count). The third-order valence-corrected chi connectivity index (χ3v) is 4.40. The van der Waals surface area contributed by atoms with Crippen molar-refractivity contribution in [3.8, 4) is 5.75 Å². The van der Waals surface area contributed by atoms with Gasteiger partial charge in [0.1, 0.15) is 0 Å². The van der Waals surface area contributed by atoms with Crippen LogP contribution in [0.4, 0.5) is 0 Å². The number of hydrogen-bond donors (Lipinski definition) is 0. The van der Waals surface area contributed by atoms with Crippen molar-refractivity contribution >= 4 is 44.9 Å². The first-order chi connectivity index (χ1) is 9.96. The van der Waals surface area contributed by atoms with Gasteiger partial charge in [-0.25, -0.2) is 4.98 Å². The number of carbonyl (C=O) groups is 2. The van der Waals surface area contributed by atoms with Crippen LogP contribution in [-0.2, 0) is 9.53 Å². The number of Topliss-reactive ketones (excluding diaryl/α,β-unsaturated/α-hetero) is 1. The van der Waals surface area contributed by atoms with E-state index < -0.39 is 11.9 Å². The minimum Gasteiger partial charge on any atom is -0.493 e. The molecule has 7 heteroatoms. The SMILES string of the molecule is COC(=O)C(C)CC(=O)c1cc2nc(Cl)c(OC)cc2s1. The first kappa shape index (κ1) is 15.7. The van der Waals surface area contributed by atoms with E-state index in [1.165, 1.54) is 25.6 Å². The van der Waals surface area contributed by atoms with Gasteiger partial charge in [0, 0.05) is 12.5 Å². The van der Waals surface area contributed by atoms with Gasteiger partial charge in [-0.15, -0.1) is 11.3 Å². The number of nitrogens with zero attached hydrogens (tertiary/aromatic N) is 1. The number of methoxy groups -OCH3 is 2. The molecule has 0 aliphatic rings. The van der Waals surface area contributed by atoms with Crippen molar-refractivity contribution in [2.75, 3.05) is 14.2 Å². The maximum Gasteiger partial charge on any atom is 0.308 e. The standard InChI is InChI=1S/C14H14ClNO4S/c1-7(14(18)20-3)4-9(17)12-5-8-11(21-12)6-10(19-2)13(15)16-8/h5-7H,4H2,1-3H3. The first-order valence-corrected chi connectivity index (χ1v) is 7.40. The van der Waals surface area contributed by atoms with Crippen molar-refractivity contribution in [1.82, 2.24) is 4.98 Å². The van der Waals surface area contributed by atoms with Gasteiger partial charge < -0.3 is 9.47 Å². The van der Waals surface area contributed by atoms with Crippen molar-refractivity contribution in [1.29, 1.82) is 0 Å². The van der Waals surface area contributed by atoms with Crippen LogP contribution in [0.5, 0.6) is 5.75 Å². The second-order valence-corrected chi connectivity index (χ2v) is 5.97. The summed E-state index contributed by atoms with van der Waals surface area (Å²) in [6, 6.07) is 3.42. The zero-order valence-electron chi connectivity index (χ0n) is 11.8. The number of esters is 1. The Morgan fingerprint density at radius 1 is 1.38 bits per heavy atom. The van der Waals surface area contributed by atoms with Gasteiger partial charge >= 0.3 is 5.97 Å². The third kappa shape index (κ3) is 3.33. The molecule has 0 amide bonds. The molecule has 2 heterocycles. The topological polar surface area (TPSA) is 65.5 Å². The van der Waals surface area contributed by atoms with Crippen LogP contribution >= 0.6 is 22.9 Å². The fourth-order valence-corrected chi connectivity index (χ4v) is 3.07. The highest BCUT2D eigenvalue weighted by Crippen LogP contribution is 2.32. The van der Waals surface area contributed by atoms with Crippen molar-refractivity contribution < 1.29 is 19.1 Å². The predicted octanol–water partition coefficient (Wildman–Crippen LogP) is 3.34. The Morgan fingerprint density at radius 2 is 2.10 bits per heavy atom. The summed E-state index contributed by atoms with van der Waals surface area (Å²) < 4.78 is 10.5. The summed E-state index contributed by atoms with van der Waals surface area (Å²) in [7, 11) is 2.81. The third-order valence-electron chi connectivity index (χ3n) is 3.01. The number of carbonyl (C=O) groups excluding carboxylic acids is 2. The molecule has 1 unspecified atom stereocenters. The predicted molar refractivity (Wildman–Crippen MR) is 81.3 cm³/mol. The Labute approximate surface area is 130 Å². The molecule has 0 fully saturated rings. The smallest absolute Gasteiger partial charge is 0.308 e. The van der Waals surface area contributed by atoms with E-state index in [1.54, 1.807) is 19.1 Å². The summed E-state index contributed by atoms with van der Waals surface area (Å²) in [5.74, 6) is -0.523. The number of aromatic nitrogens is 1. The number of thiophene rings is 1. The van der Waals surface area contributed by atoms with Crippen LogP contribution in [-0.4, -0.2) is 31.0 Å². The summed E-state index contributed by atoms with van der Waals surface area (Å²) in [6.07, 6.45) is 0.102. The lowest BCUT2D eigenvalue weighted by Crippen LogP contribution is -2.16. The number of ketones is 1. The normalized spacial score (nSPS) is 12.2. The zero-order chi connectivity index (χ0) is 15.6. The van der Waals surface area contributed by atoms with Crippen LogP contribution in [0.3, 0.4) is 0 Å². The lowest BCUT2D eigenvalue weighted by Gasteiger charge is -2.06. The van der Waals surface area contributed by atoms with E-state index >= 15 is 0 Å². The minimum absolute atomic E-state index is 0.102. The van der Waals surface area contributed by atoms with Crippen LogP contribution in [0.15, 0.2) is 12.1 Å². The summed E-state index contributed by atoms with van der Waals surface area (Å²) >= 11 is 7.26. The Balaban J connectivity index is 2.26. The van der Waals surface area contributed by atoms with Crippen LogP contribution in [0.1, 0.15) is 23.0 Å². The molecule has 0 aliphatic carbocycles. The second kappa shape index (κ2) is 6.41. The van der Waals surface area contributed by atoms with Crippen LogP contribution in [0, 0.1) is 5.92 Å². The number of fused-ring (bicyclic) bond motifs is 1. The molecule has 1 atom stereocenters. The van der Waals surface area contributed by atoms with E-state index in [4.69, 9.17) is 16.3 Å². The van der Waals surface area contributed by atoms with Crippen molar-refractivity contribution in [2.24, 2.45) is 5.92 Å². The molecule has 21 heavy (non-hydrogen) atoms. The average molecular weight is 328 g/mol. The van der Waals surface area contributed by atoms with Gasteiger partial charge in [-0.1, -0.05) is 18.5 Å². The summed E-state index contributed by atoms with van der Waals surface area (Å²) in [6.45, 7) is 1.66. The Kier molecular flexibility index (Phi) is 4.80. The molecule has 0 aliphatic heterocycles. The molecular formula is C14H14ClNO4S. The van der Waals surface area contributed by atoms with Gasteiger partial charge in [0.05, 0.1) is 35.2 Å². The number of pyridine rings is 1. The van der Waals surface area contributed by atoms with Crippen LogP contribution in [0.25, 0.3) is 10.2 Å². The van der Waals surface area contributed by atoms with Crippen LogP contribution in [0.2, 0.25) is 5.15 Å². The summed E-state index contributed by atoms with van der Waals surface area (Å²) in [5, 5.41) is 0.254. The molecule has 112 valence electrons. The Bertz CT molecular complexity index is 698. The van der Waals surface area contributed by atoms with Crippen molar-refractivity contribution in [3.05, 3.63) is 22.2 Å². The van der Waals surface area contributed by atoms with Crippen molar-refractivity contribution in [3.63, 3.8) is 0 Å². The van der Waals surface area contributed by atoms with Gasteiger partial charge in [-0.3, -0.25) is 9.59 Å². The molecule has 0 saturated heterocycles. The molecule has 0 aromatic carbocycles. The summed E-state index contributed by atoms with van der Waals surface area (Å²) in [4.78, 5) is 28.3. The van der Waals surface area contributed by atoms with Crippen LogP contribution < -0.4 is 4.74 Å². The van der Waals surface area contributed by atoms with Gasteiger partial charge in [-0.05, 0) is 6.07 Å². The monoisotopic (exact) mass is 327 g/mol. The van der Waals surface area contributed by atoms with Crippen molar-refractivity contribution in [2.45, 2.75) is 13.3 Å². The molecule has 0 radical (unpaired) electrons. The van der Waals surface area contributed by atoms with Gasteiger partial charge in [0.2, 0.25) is 0 Å². The Morgan fingerprint density at radius 3 is 2.71 bits per heavy atom. The largest absolute Gasteiger partial charge is 0.493 e. The number of rotatable bonds is 5. The number of hydrogen-bond acceptors (Lipinski definition) is 6. The van der Waals surface area contributed by atoms with E-state index in [-0.39, 0.29) is 17.4 Å². The minimum atomic E-state index is -0.473. The second-order valence-electron chi connectivity index (χ2n) is 4.53. The molecule has 0 bridgehead atoms. The van der Waals surface area contributed by atoms with Gasteiger partial charge in [0.25, 0.3) is 0 Å². The first-order valence-electron chi connectivity index (χ1n) is 6.21. The quantitative estimate of drug-likeness (QED) is 0.478. The highest BCUT2D eigenvalue weighted by Gasteiger charge is 2.20. The van der Waals surface area contributed by atoms with E-state index in [0.29, 0.717) is 16.1 Å². The fraction of sp³-hybridized carbons (Fsp3) is 0.357. The number of halogens is 1. The number of ether oxygens (including phenoxy) is 2. The highest BCUT2D eigenvalue weighted by atomic mass is 35.5. The maximum absolute atomic E-state index is 12.2. The highest BCUT2D eigenvalue weighted by molar-refractivity contribution is 7.20. The zero-order valence-corrected chi connectivity index (χ0v) is 13.4. The van der Waals surface area contributed by atoms with E-state index in [1.807, 2.05) is 0 Å². The molecule has 0 saturated carbocycles. The van der Waals surface area contributed by atoms with E-state index in [2.05, 4.69) is 9.72 Å². The molecule has 2 aromatic rings. The lowest BCUT2D eigenvalue weighted by molar-refractivity contribution is -0.144. The van der Waals surface area contributed by atoms with E-state index in [9.17, 15) is 9.59 Å². The molecular weight excluding hydrogens is 314 g/mol. The average Bonchev–Trinajstić information content (AvgIpc) is 2.87. The van der Waals surface area contributed by atoms with Gasteiger partial charge in [0.15, 0.2) is 16.7 Å². The van der Waals surface area contributed by atoms with E-state index in [0.717, 1.165) is 4.70 Å². The molecule has 5 nitrogen and oxygen atoms in total.